The summed E-state index contributed by atoms with van der Waals surface area (Å²) >= 11 is 0. The van der Waals surface area contributed by atoms with E-state index in [1.165, 1.54) is 0 Å². The van der Waals surface area contributed by atoms with Crippen LogP contribution in [0, 0.1) is 0 Å². The third-order valence-electron chi connectivity index (χ3n) is 3.99. The van der Waals surface area contributed by atoms with Crippen molar-refractivity contribution in [3.05, 3.63) is 42.5 Å². The molecule has 0 radical (unpaired) electrons. The van der Waals surface area contributed by atoms with Crippen LogP contribution in [0.3, 0.4) is 0 Å². The summed E-state index contributed by atoms with van der Waals surface area (Å²) in [5.41, 5.74) is 1.14. The van der Waals surface area contributed by atoms with Crippen LogP contribution in [0.2, 0.25) is 0 Å². The Balaban J connectivity index is 1.60. The highest BCUT2D eigenvalue weighted by Crippen LogP contribution is 2.16. The third kappa shape index (κ3) is 3.71. The predicted octanol–water partition coefficient (Wildman–Crippen LogP) is 1.63. The minimum Gasteiger partial charge on any atom is -0.366 e. The molecular weight excluding hydrogens is 276 g/mol. The summed E-state index contributed by atoms with van der Waals surface area (Å²) in [7, 11) is 0. The molecule has 6 heteroatoms. The molecular formula is C16H22N6. The van der Waals surface area contributed by atoms with E-state index in [9.17, 15) is 0 Å². The van der Waals surface area contributed by atoms with Gasteiger partial charge in [-0.25, -0.2) is 9.97 Å². The van der Waals surface area contributed by atoms with Gasteiger partial charge in [-0.05, 0) is 18.2 Å². The van der Waals surface area contributed by atoms with Crippen LogP contribution in [0.15, 0.2) is 36.9 Å². The van der Waals surface area contributed by atoms with Crippen molar-refractivity contribution in [3.8, 4) is 0 Å². The summed E-state index contributed by atoms with van der Waals surface area (Å²) in [5.74, 6) is 1.85. The summed E-state index contributed by atoms with van der Waals surface area (Å²) in [5, 5.41) is 3.33. The molecule has 0 amide bonds. The van der Waals surface area contributed by atoms with Crippen molar-refractivity contribution in [2.45, 2.75) is 13.5 Å². The number of aromatic nitrogens is 3. The number of hydrogen-bond donors (Lipinski definition) is 1. The first-order valence-corrected chi connectivity index (χ1v) is 7.77. The summed E-state index contributed by atoms with van der Waals surface area (Å²) in [6.07, 6.45) is 5.27. The van der Waals surface area contributed by atoms with Crippen LogP contribution in [-0.4, -0.2) is 52.6 Å². The zero-order chi connectivity index (χ0) is 15.2. The van der Waals surface area contributed by atoms with E-state index in [4.69, 9.17) is 0 Å². The molecule has 1 aliphatic heterocycles. The Bertz CT molecular complexity index is 580. The monoisotopic (exact) mass is 298 g/mol. The molecule has 6 nitrogen and oxygen atoms in total. The summed E-state index contributed by atoms with van der Waals surface area (Å²) in [6.45, 7) is 8.28. The van der Waals surface area contributed by atoms with Crippen molar-refractivity contribution < 1.29 is 0 Å². The van der Waals surface area contributed by atoms with Gasteiger partial charge in [-0.15, -0.1) is 0 Å². The van der Waals surface area contributed by atoms with E-state index in [-0.39, 0.29) is 0 Å². The van der Waals surface area contributed by atoms with Gasteiger partial charge in [-0.3, -0.25) is 4.98 Å². The second kappa shape index (κ2) is 7.17. The third-order valence-corrected chi connectivity index (χ3v) is 3.99. The highest BCUT2D eigenvalue weighted by Gasteiger charge is 2.17. The van der Waals surface area contributed by atoms with Crippen LogP contribution < -0.4 is 10.2 Å². The number of hydrogen-bond acceptors (Lipinski definition) is 6. The Labute approximate surface area is 131 Å². The van der Waals surface area contributed by atoms with Gasteiger partial charge >= 0.3 is 0 Å². The lowest BCUT2D eigenvalue weighted by Gasteiger charge is -2.34. The van der Waals surface area contributed by atoms with E-state index < -0.39 is 0 Å². The van der Waals surface area contributed by atoms with Gasteiger partial charge in [-0.1, -0.05) is 13.0 Å². The van der Waals surface area contributed by atoms with Gasteiger partial charge in [0.25, 0.3) is 0 Å². The number of rotatable bonds is 5. The largest absolute Gasteiger partial charge is 0.366 e. The fourth-order valence-electron chi connectivity index (χ4n) is 2.61. The zero-order valence-corrected chi connectivity index (χ0v) is 12.9. The molecule has 1 fully saturated rings. The average Bonchev–Trinajstić information content (AvgIpc) is 2.61. The van der Waals surface area contributed by atoms with Crippen molar-refractivity contribution in [2.75, 3.05) is 42.9 Å². The minimum atomic E-state index is 0.716. The van der Waals surface area contributed by atoms with Gasteiger partial charge < -0.3 is 15.1 Å². The summed E-state index contributed by atoms with van der Waals surface area (Å²) in [6, 6.07) is 6.01. The summed E-state index contributed by atoms with van der Waals surface area (Å²) < 4.78 is 0. The lowest BCUT2D eigenvalue weighted by atomic mass is 10.3. The van der Waals surface area contributed by atoms with E-state index in [1.54, 1.807) is 12.5 Å². The lowest BCUT2D eigenvalue weighted by molar-refractivity contribution is 0.270. The van der Waals surface area contributed by atoms with Gasteiger partial charge in [-0.2, -0.15) is 0 Å². The molecule has 2 aromatic heterocycles. The molecule has 0 atom stereocenters. The van der Waals surface area contributed by atoms with Crippen molar-refractivity contribution in [3.63, 3.8) is 0 Å². The van der Waals surface area contributed by atoms with Crippen LogP contribution in [0.1, 0.15) is 12.5 Å². The maximum atomic E-state index is 4.41. The molecule has 1 aliphatic rings. The van der Waals surface area contributed by atoms with Crippen LogP contribution in [0.5, 0.6) is 0 Å². The first-order chi connectivity index (χ1) is 10.8. The van der Waals surface area contributed by atoms with Crippen molar-refractivity contribution in [1.82, 2.24) is 19.9 Å². The zero-order valence-electron chi connectivity index (χ0n) is 12.9. The number of piperazine rings is 1. The smallest absolute Gasteiger partial charge is 0.134 e. The minimum absolute atomic E-state index is 0.716. The van der Waals surface area contributed by atoms with E-state index in [2.05, 4.69) is 37.0 Å². The Hall–Kier alpha value is -2.21. The number of nitrogens with zero attached hydrogens (tertiary/aromatic N) is 5. The topological polar surface area (TPSA) is 57.2 Å². The number of likely N-dealkylation sites (N-methyl/N-ethyl adjacent to an activating group) is 1. The molecule has 22 heavy (non-hydrogen) atoms. The normalized spacial score (nSPS) is 15.8. The van der Waals surface area contributed by atoms with E-state index in [1.807, 2.05) is 24.4 Å². The van der Waals surface area contributed by atoms with Gasteiger partial charge in [0, 0.05) is 51.2 Å². The molecule has 0 bridgehead atoms. The van der Waals surface area contributed by atoms with E-state index in [0.29, 0.717) is 6.54 Å². The average molecular weight is 298 g/mol. The van der Waals surface area contributed by atoms with E-state index in [0.717, 1.165) is 49.9 Å². The highest BCUT2D eigenvalue weighted by molar-refractivity contribution is 5.49. The standard InChI is InChI=1S/C16H22N6/c1-2-21-6-8-22(9-7-21)16-10-15(19-13-20-16)18-12-14-4-3-5-17-11-14/h3-5,10-11,13H,2,6-9,12H2,1H3,(H,18,19,20). The summed E-state index contributed by atoms with van der Waals surface area (Å²) in [4.78, 5) is 17.6. The van der Waals surface area contributed by atoms with Crippen LogP contribution >= 0.6 is 0 Å². The van der Waals surface area contributed by atoms with Crippen LogP contribution in [-0.2, 0) is 6.54 Å². The molecule has 0 aliphatic carbocycles. The van der Waals surface area contributed by atoms with Gasteiger partial charge in [0.1, 0.15) is 18.0 Å². The van der Waals surface area contributed by atoms with Crippen molar-refractivity contribution in [2.24, 2.45) is 0 Å². The second-order valence-electron chi connectivity index (χ2n) is 5.40. The Morgan fingerprint density at radius 2 is 2.05 bits per heavy atom. The highest BCUT2D eigenvalue weighted by atomic mass is 15.3. The Kier molecular flexibility index (Phi) is 4.80. The molecule has 1 N–H and O–H groups in total. The molecule has 0 spiro atoms. The van der Waals surface area contributed by atoms with Crippen LogP contribution in [0.4, 0.5) is 11.6 Å². The molecule has 1 saturated heterocycles. The second-order valence-corrected chi connectivity index (χ2v) is 5.40. The van der Waals surface area contributed by atoms with Gasteiger partial charge in [0.2, 0.25) is 0 Å². The molecule has 3 heterocycles. The molecule has 0 unspecified atom stereocenters. The number of nitrogens with one attached hydrogen (secondary N) is 1. The predicted molar refractivity (Wildman–Crippen MR) is 87.9 cm³/mol. The Morgan fingerprint density at radius 1 is 1.18 bits per heavy atom. The molecule has 0 saturated carbocycles. The lowest BCUT2D eigenvalue weighted by Crippen LogP contribution is -2.46. The Morgan fingerprint density at radius 3 is 2.77 bits per heavy atom. The first-order valence-electron chi connectivity index (χ1n) is 7.77. The first kappa shape index (κ1) is 14.7. The number of anilines is 2. The fraction of sp³-hybridized carbons (Fsp3) is 0.438. The molecule has 0 aromatic carbocycles. The molecule has 3 rings (SSSR count). The maximum Gasteiger partial charge on any atom is 0.134 e. The van der Waals surface area contributed by atoms with Gasteiger partial charge in [0.05, 0.1) is 0 Å². The number of pyridine rings is 1. The van der Waals surface area contributed by atoms with Crippen LogP contribution in [0.25, 0.3) is 0 Å². The maximum absolute atomic E-state index is 4.41. The van der Waals surface area contributed by atoms with Gasteiger partial charge in [0.15, 0.2) is 0 Å². The van der Waals surface area contributed by atoms with E-state index >= 15 is 0 Å². The van der Waals surface area contributed by atoms with Crippen molar-refractivity contribution >= 4 is 11.6 Å². The van der Waals surface area contributed by atoms with Crippen molar-refractivity contribution in [1.29, 1.82) is 0 Å². The molecule has 2 aromatic rings. The molecule has 116 valence electrons. The quantitative estimate of drug-likeness (QED) is 0.905. The fourth-order valence-corrected chi connectivity index (χ4v) is 2.61. The SMILES string of the molecule is CCN1CCN(c2cc(NCc3cccnc3)ncn2)CC1.